The molecular weight excluding hydrogens is 256 g/mol. The number of aliphatic hydroxyl groups excluding tert-OH is 1. The van der Waals surface area contributed by atoms with Gasteiger partial charge in [0.2, 0.25) is 0 Å². The Labute approximate surface area is 110 Å². The summed E-state index contributed by atoms with van der Waals surface area (Å²) >= 11 is 1.91. The predicted octanol–water partition coefficient (Wildman–Crippen LogP) is 2.48. The zero-order chi connectivity index (χ0) is 13.0. The molecule has 1 aromatic rings. The van der Waals surface area contributed by atoms with Crippen molar-refractivity contribution in [3.05, 3.63) is 35.4 Å². The van der Waals surface area contributed by atoms with Crippen LogP contribution in [-0.4, -0.2) is 29.3 Å². The first-order valence-corrected chi connectivity index (χ1v) is 7.26. The molecule has 0 spiro atoms. The zero-order valence-electron chi connectivity index (χ0n) is 10.0. The Kier molecular flexibility index (Phi) is 4.97. The fraction of sp³-hybridized carbons (Fsp3) is 0.538. The van der Waals surface area contributed by atoms with Gasteiger partial charge in [0.1, 0.15) is 11.6 Å². The van der Waals surface area contributed by atoms with Gasteiger partial charge < -0.3 is 10.4 Å². The van der Waals surface area contributed by atoms with Gasteiger partial charge in [-0.3, -0.25) is 0 Å². The second kappa shape index (κ2) is 6.50. The number of hydrogen-bond donors (Lipinski definition) is 2. The maximum absolute atomic E-state index is 13.6. The van der Waals surface area contributed by atoms with E-state index >= 15 is 0 Å². The van der Waals surface area contributed by atoms with Gasteiger partial charge in [-0.1, -0.05) is 6.07 Å². The topological polar surface area (TPSA) is 32.3 Å². The maximum atomic E-state index is 13.6. The van der Waals surface area contributed by atoms with Crippen LogP contribution in [0.5, 0.6) is 0 Å². The number of rotatable bonds is 4. The molecule has 1 fully saturated rings. The lowest BCUT2D eigenvalue weighted by molar-refractivity contribution is 0.227. The summed E-state index contributed by atoms with van der Waals surface area (Å²) in [7, 11) is 0. The molecule has 18 heavy (non-hydrogen) atoms. The number of benzene rings is 1. The standard InChI is InChI=1S/C13H17F2NOS/c14-9-1-2-11(12(15)7-9)13(8-17)16-10-3-5-18-6-4-10/h1-2,7,10,13,16-17H,3-6,8H2. The number of nitrogens with one attached hydrogen (secondary N) is 1. The summed E-state index contributed by atoms with van der Waals surface area (Å²) in [6.07, 6.45) is 2.04. The molecule has 1 aromatic carbocycles. The second-order valence-corrected chi connectivity index (χ2v) is 5.68. The van der Waals surface area contributed by atoms with E-state index in [1.165, 1.54) is 12.1 Å². The Bertz CT molecular complexity index is 397. The fourth-order valence-electron chi connectivity index (χ4n) is 2.17. The summed E-state index contributed by atoms with van der Waals surface area (Å²) in [5.41, 5.74) is 0.331. The monoisotopic (exact) mass is 273 g/mol. The summed E-state index contributed by atoms with van der Waals surface area (Å²) < 4.78 is 26.5. The molecule has 2 rings (SSSR count). The average Bonchev–Trinajstić information content (AvgIpc) is 2.38. The molecule has 1 atom stereocenters. The van der Waals surface area contributed by atoms with Gasteiger partial charge in [-0.25, -0.2) is 8.78 Å². The molecule has 0 amide bonds. The molecule has 0 saturated carbocycles. The Hall–Kier alpha value is -0.650. The highest BCUT2D eigenvalue weighted by molar-refractivity contribution is 7.99. The van der Waals surface area contributed by atoms with Crippen LogP contribution in [0.25, 0.3) is 0 Å². The first-order chi connectivity index (χ1) is 8.70. The second-order valence-electron chi connectivity index (χ2n) is 4.45. The first-order valence-electron chi connectivity index (χ1n) is 6.10. The third-order valence-electron chi connectivity index (χ3n) is 3.18. The Morgan fingerprint density at radius 1 is 1.33 bits per heavy atom. The minimum atomic E-state index is -0.605. The molecule has 1 aliphatic rings. The quantitative estimate of drug-likeness (QED) is 0.884. The van der Waals surface area contributed by atoms with Crippen LogP contribution in [0, 0.1) is 11.6 Å². The Morgan fingerprint density at radius 2 is 2.06 bits per heavy atom. The van der Waals surface area contributed by atoms with Crippen LogP contribution in [0.1, 0.15) is 24.4 Å². The summed E-state index contributed by atoms with van der Waals surface area (Å²) in [6, 6.07) is 3.32. The smallest absolute Gasteiger partial charge is 0.130 e. The van der Waals surface area contributed by atoms with Gasteiger partial charge in [0.05, 0.1) is 12.6 Å². The third-order valence-corrected chi connectivity index (χ3v) is 4.23. The Morgan fingerprint density at radius 3 is 2.67 bits per heavy atom. The van der Waals surface area contributed by atoms with Crippen LogP contribution in [0.15, 0.2) is 18.2 Å². The lowest BCUT2D eigenvalue weighted by atomic mass is 10.0. The highest BCUT2D eigenvalue weighted by Gasteiger charge is 2.21. The number of thioether (sulfide) groups is 1. The molecule has 2 nitrogen and oxygen atoms in total. The summed E-state index contributed by atoms with van der Waals surface area (Å²) in [6.45, 7) is -0.188. The highest BCUT2D eigenvalue weighted by atomic mass is 32.2. The first kappa shape index (κ1) is 13.8. The van der Waals surface area contributed by atoms with E-state index in [9.17, 15) is 13.9 Å². The van der Waals surface area contributed by atoms with Gasteiger partial charge in [0, 0.05) is 17.7 Å². The lowest BCUT2D eigenvalue weighted by Gasteiger charge is -2.27. The third kappa shape index (κ3) is 3.43. The molecule has 100 valence electrons. The molecule has 1 unspecified atom stereocenters. The zero-order valence-corrected chi connectivity index (χ0v) is 10.9. The van der Waals surface area contributed by atoms with Crippen molar-refractivity contribution in [3.8, 4) is 0 Å². The molecule has 0 bridgehead atoms. The minimum absolute atomic E-state index is 0.188. The van der Waals surface area contributed by atoms with Crippen LogP contribution >= 0.6 is 11.8 Å². The van der Waals surface area contributed by atoms with Gasteiger partial charge in [0.15, 0.2) is 0 Å². The largest absolute Gasteiger partial charge is 0.394 e. The van der Waals surface area contributed by atoms with Gasteiger partial charge in [0.25, 0.3) is 0 Å². The van der Waals surface area contributed by atoms with E-state index in [4.69, 9.17) is 0 Å². The van der Waals surface area contributed by atoms with E-state index in [0.717, 1.165) is 30.4 Å². The van der Waals surface area contributed by atoms with Crippen molar-refractivity contribution in [3.63, 3.8) is 0 Å². The van der Waals surface area contributed by atoms with E-state index in [1.807, 2.05) is 11.8 Å². The van der Waals surface area contributed by atoms with E-state index < -0.39 is 17.7 Å². The van der Waals surface area contributed by atoms with Crippen molar-refractivity contribution in [2.45, 2.75) is 24.9 Å². The van der Waals surface area contributed by atoms with Crippen LogP contribution in [-0.2, 0) is 0 Å². The van der Waals surface area contributed by atoms with Crippen molar-refractivity contribution in [2.24, 2.45) is 0 Å². The molecule has 1 heterocycles. The molecule has 2 N–H and O–H groups in total. The van der Waals surface area contributed by atoms with Crippen LogP contribution in [0.3, 0.4) is 0 Å². The highest BCUT2D eigenvalue weighted by Crippen LogP contribution is 2.22. The van der Waals surface area contributed by atoms with E-state index in [1.54, 1.807) is 0 Å². The normalized spacial score (nSPS) is 18.8. The van der Waals surface area contributed by atoms with Gasteiger partial charge in [-0.2, -0.15) is 11.8 Å². The predicted molar refractivity (Wildman–Crippen MR) is 69.7 cm³/mol. The summed E-state index contributed by atoms with van der Waals surface area (Å²) in [5, 5.41) is 12.6. The average molecular weight is 273 g/mol. The molecule has 0 radical (unpaired) electrons. The van der Waals surface area contributed by atoms with Gasteiger partial charge in [-0.05, 0) is 30.4 Å². The van der Waals surface area contributed by atoms with E-state index in [-0.39, 0.29) is 6.61 Å². The Balaban J connectivity index is 2.07. The van der Waals surface area contributed by atoms with E-state index in [2.05, 4.69) is 5.32 Å². The number of halogens is 2. The minimum Gasteiger partial charge on any atom is -0.394 e. The van der Waals surface area contributed by atoms with Crippen molar-refractivity contribution in [1.82, 2.24) is 5.32 Å². The summed E-state index contributed by atoms with van der Waals surface area (Å²) in [5.74, 6) is 0.970. The molecule has 0 aliphatic carbocycles. The van der Waals surface area contributed by atoms with Gasteiger partial charge in [-0.15, -0.1) is 0 Å². The molecule has 1 aliphatic heterocycles. The molecule has 0 aromatic heterocycles. The van der Waals surface area contributed by atoms with Crippen LogP contribution < -0.4 is 5.32 Å². The number of hydrogen-bond acceptors (Lipinski definition) is 3. The summed E-state index contributed by atoms with van der Waals surface area (Å²) in [4.78, 5) is 0. The van der Waals surface area contributed by atoms with Crippen LogP contribution in [0.4, 0.5) is 8.78 Å². The van der Waals surface area contributed by atoms with Crippen molar-refractivity contribution in [1.29, 1.82) is 0 Å². The maximum Gasteiger partial charge on any atom is 0.130 e. The molecular formula is C13H17F2NOS. The van der Waals surface area contributed by atoms with E-state index in [0.29, 0.717) is 11.6 Å². The molecule has 5 heteroatoms. The van der Waals surface area contributed by atoms with Crippen molar-refractivity contribution < 1.29 is 13.9 Å². The fourth-order valence-corrected chi connectivity index (χ4v) is 3.28. The number of aliphatic hydroxyl groups is 1. The van der Waals surface area contributed by atoms with Crippen molar-refractivity contribution >= 4 is 11.8 Å². The van der Waals surface area contributed by atoms with Crippen LogP contribution in [0.2, 0.25) is 0 Å². The molecule has 1 saturated heterocycles. The lowest BCUT2D eigenvalue weighted by Crippen LogP contribution is -2.37. The van der Waals surface area contributed by atoms with Crippen molar-refractivity contribution in [2.75, 3.05) is 18.1 Å². The SMILES string of the molecule is OCC(NC1CCSCC1)c1ccc(F)cc1F. The van der Waals surface area contributed by atoms with Gasteiger partial charge >= 0.3 is 0 Å².